The van der Waals surface area contributed by atoms with Gasteiger partial charge in [0.05, 0.1) is 6.10 Å². The van der Waals surface area contributed by atoms with E-state index in [0.717, 1.165) is 37.7 Å². The second-order valence-corrected chi connectivity index (χ2v) is 9.04. The highest BCUT2D eigenvalue weighted by Crippen LogP contribution is 2.54. The van der Waals surface area contributed by atoms with E-state index in [4.69, 9.17) is 4.74 Å². The summed E-state index contributed by atoms with van der Waals surface area (Å²) in [6, 6.07) is 8.90. The van der Waals surface area contributed by atoms with Gasteiger partial charge in [0.15, 0.2) is 0 Å². The molecule has 0 unspecified atom stereocenters. The van der Waals surface area contributed by atoms with E-state index in [-0.39, 0.29) is 11.8 Å². The molecule has 1 aromatic carbocycles. The SMILES string of the molecule is CC(C)N(Cc1ccc(NC(=O)[C@@H]2C[C@@H]2C2CC2)cc1)C[C@H]1CCCCO1. The van der Waals surface area contributed by atoms with E-state index in [1.165, 1.54) is 37.7 Å². The van der Waals surface area contributed by atoms with Crippen molar-refractivity contribution >= 4 is 11.6 Å². The molecule has 27 heavy (non-hydrogen) atoms. The molecule has 1 amide bonds. The minimum Gasteiger partial charge on any atom is -0.377 e. The van der Waals surface area contributed by atoms with Gasteiger partial charge in [-0.1, -0.05) is 12.1 Å². The molecule has 4 heteroatoms. The van der Waals surface area contributed by atoms with Crippen LogP contribution in [-0.4, -0.2) is 36.1 Å². The zero-order valence-electron chi connectivity index (χ0n) is 16.8. The number of ether oxygens (including phenoxy) is 1. The Balaban J connectivity index is 1.28. The molecule has 2 aliphatic carbocycles. The Morgan fingerprint density at radius 1 is 1.19 bits per heavy atom. The zero-order chi connectivity index (χ0) is 18.8. The van der Waals surface area contributed by atoms with Gasteiger partial charge in [-0.3, -0.25) is 9.69 Å². The number of rotatable bonds is 8. The predicted molar refractivity (Wildman–Crippen MR) is 109 cm³/mol. The summed E-state index contributed by atoms with van der Waals surface area (Å²) in [5.74, 6) is 2.01. The van der Waals surface area contributed by atoms with Crippen molar-refractivity contribution in [1.29, 1.82) is 0 Å². The lowest BCUT2D eigenvalue weighted by Crippen LogP contribution is -2.39. The summed E-state index contributed by atoms with van der Waals surface area (Å²) in [6.45, 7) is 7.35. The topological polar surface area (TPSA) is 41.6 Å². The molecule has 3 fully saturated rings. The predicted octanol–water partition coefficient (Wildman–Crippen LogP) is 4.45. The number of hydrogen-bond acceptors (Lipinski definition) is 3. The van der Waals surface area contributed by atoms with Crippen molar-refractivity contribution in [3.8, 4) is 0 Å². The van der Waals surface area contributed by atoms with Gasteiger partial charge in [-0.05, 0) is 81.9 Å². The quantitative estimate of drug-likeness (QED) is 0.735. The third-order valence-corrected chi connectivity index (χ3v) is 6.45. The van der Waals surface area contributed by atoms with Crippen LogP contribution >= 0.6 is 0 Å². The molecule has 0 radical (unpaired) electrons. The number of benzene rings is 1. The van der Waals surface area contributed by atoms with Gasteiger partial charge in [0, 0.05) is 37.3 Å². The van der Waals surface area contributed by atoms with Crippen molar-refractivity contribution < 1.29 is 9.53 Å². The average Bonchev–Trinajstić information content (AvgIpc) is 3.55. The summed E-state index contributed by atoms with van der Waals surface area (Å²) in [4.78, 5) is 14.9. The first kappa shape index (κ1) is 18.9. The van der Waals surface area contributed by atoms with Crippen LogP contribution in [0.4, 0.5) is 5.69 Å². The first-order chi connectivity index (χ1) is 13.1. The van der Waals surface area contributed by atoms with Crippen molar-refractivity contribution in [1.82, 2.24) is 4.90 Å². The molecule has 0 bridgehead atoms. The van der Waals surface area contributed by atoms with Crippen molar-refractivity contribution in [3.63, 3.8) is 0 Å². The third kappa shape index (κ3) is 5.11. The van der Waals surface area contributed by atoms with Crippen LogP contribution in [0.15, 0.2) is 24.3 Å². The Bertz CT molecular complexity index is 632. The van der Waals surface area contributed by atoms with Crippen LogP contribution < -0.4 is 5.32 Å². The number of amides is 1. The molecule has 148 valence electrons. The fourth-order valence-corrected chi connectivity index (χ4v) is 4.40. The van der Waals surface area contributed by atoms with E-state index in [0.29, 0.717) is 18.1 Å². The lowest BCUT2D eigenvalue weighted by molar-refractivity contribution is -0.117. The third-order valence-electron chi connectivity index (χ3n) is 6.45. The molecule has 4 rings (SSSR count). The van der Waals surface area contributed by atoms with E-state index in [1.54, 1.807) is 0 Å². The monoisotopic (exact) mass is 370 g/mol. The van der Waals surface area contributed by atoms with Gasteiger partial charge in [-0.25, -0.2) is 0 Å². The minimum absolute atomic E-state index is 0.220. The number of nitrogens with zero attached hydrogens (tertiary/aromatic N) is 1. The normalized spacial score (nSPS) is 27.8. The summed E-state index contributed by atoms with van der Waals surface area (Å²) in [6.07, 6.45) is 7.81. The number of carbonyl (C=O) groups is 1. The van der Waals surface area contributed by atoms with Gasteiger partial charge < -0.3 is 10.1 Å². The average molecular weight is 371 g/mol. The Hall–Kier alpha value is -1.39. The molecule has 3 atom stereocenters. The fourth-order valence-electron chi connectivity index (χ4n) is 4.40. The zero-order valence-corrected chi connectivity index (χ0v) is 16.8. The van der Waals surface area contributed by atoms with Gasteiger partial charge in [0.1, 0.15) is 0 Å². The smallest absolute Gasteiger partial charge is 0.227 e. The summed E-state index contributed by atoms with van der Waals surface area (Å²) in [7, 11) is 0. The van der Waals surface area contributed by atoms with Crippen LogP contribution in [0.3, 0.4) is 0 Å². The Morgan fingerprint density at radius 3 is 2.59 bits per heavy atom. The number of carbonyl (C=O) groups excluding carboxylic acids is 1. The molecular weight excluding hydrogens is 336 g/mol. The highest BCUT2D eigenvalue weighted by Gasteiger charge is 2.51. The van der Waals surface area contributed by atoms with Crippen LogP contribution in [0.25, 0.3) is 0 Å². The van der Waals surface area contributed by atoms with Gasteiger partial charge in [-0.15, -0.1) is 0 Å². The van der Waals surface area contributed by atoms with Gasteiger partial charge >= 0.3 is 0 Å². The number of nitrogens with one attached hydrogen (secondary N) is 1. The van der Waals surface area contributed by atoms with Crippen LogP contribution in [0.1, 0.15) is 57.9 Å². The van der Waals surface area contributed by atoms with Crippen molar-refractivity contribution in [3.05, 3.63) is 29.8 Å². The van der Waals surface area contributed by atoms with E-state index < -0.39 is 0 Å². The standard InChI is InChI=1S/C23H34N2O2/c1-16(2)25(15-20-5-3-4-12-27-20)14-17-6-10-19(11-7-17)24-23(26)22-13-21(22)18-8-9-18/h6-7,10-11,16,18,20-22H,3-5,8-9,12-15H2,1-2H3,(H,24,26)/t20-,21-,22-/m1/s1. The van der Waals surface area contributed by atoms with Gasteiger partial charge in [0.2, 0.25) is 5.91 Å². The highest BCUT2D eigenvalue weighted by atomic mass is 16.5. The summed E-state index contributed by atoms with van der Waals surface area (Å²) in [5.41, 5.74) is 2.22. The van der Waals surface area contributed by atoms with E-state index >= 15 is 0 Å². The maximum Gasteiger partial charge on any atom is 0.227 e. The summed E-state index contributed by atoms with van der Waals surface area (Å²) < 4.78 is 5.93. The molecule has 2 saturated carbocycles. The Labute approximate surface area is 163 Å². The van der Waals surface area contributed by atoms with E-state index in [2.05, 4.69) is 48.3 Å². The highest BCUT2D eigenvalue weighted by molar-refractivity contribution is 5.94. The maximum atomic E-state index is 12.4. The molecule has 3 aliphatic rings. The summed E-state index contributed by atoms with van der Waals surface area (Å²) >= 11 is 0. The second-order valence-electron chi connectivity index (χ2n) is 9.04. The largest absolute Gasteiger partial charge is 0.377 e. The van der Waals surface area contributed by atoms with E-state index in [9.17, 15) is 4.79 Å². The Morgan fingerprint density at radius 2 is 1.96 bits per heavy atom. The maximum absolute atomic E-state index is 12.4. The van der Waals surface area contributed by atoms with Crippen LogP contribution in [0.2, 0.25) is 0 Å². The van der Waals surface area contributed by atoms with Crippen molar-refractivity contribution in [2.75, 3.05) is 18.5 Å². The molecule has 1 aliphatic heterocycles. The number of hydrogen-bond donors (Lipinski definition) is 1. The molecule has 0 spiro atoms. The molecule has 1 aromatic rings. The van der Waals surface area contributed by atoms with Gasteiger partial charge in [-0.2, -0.15) is 0 Å². The molecule has 1 saturated heterocycles. The van der Waals surface area contributed by atoms with E-state index in [1.807, 2.05) is 0 Å². The van der Waals surface area contributed by atoms with Crippen molar-refractivity contribution in [2.45, 2.75) is 71.1 Å². The number of anilines is 1. The Kier molecular flexibility index (Phi) is 5.84. The van der Waals surface area contributed by atoms with Crippen LogP contribution in [-0.2, 0) is 16.1 Å². The lowest BCUT2D eigenvalue weighted by atomic mass is 10.1. The van der Waals surface area contributed by atoms with Crippen molar-refractivity contribution in [2.24, 2.45) is 17.8 Å². The molecule has 0 aromatic heterocycles. The van der Waals surface area contributed by atoms with Crippen LogP contribution in [0, 0.1) is 17.8 Å². The lowest BCUT2D eigenvalue weighted by Gasteiger charge is -2.32. The fraction of sp³-hybridized carbons (Fsp3) is 0.696. The first-order valence-electron chi connectivity index (χ1n) is 10.9. The second kappa shape index (κ2) is 8.32. The molecular formula is C23H34N2O2. The van der Waals surface area contributed by atoms with Gasteiger partial charge in [0.25, 0.3) is 0 Å². The summed E-state index contributed by atoms with van der Waals surface area (Å²) in [5, 5.41) is 3.11. The first-order valence-corrected chi connectivity index (χ1v) is 10.9. The minimum atomic E-state index is 0.220. The van der Waals surface area contributed by atoms with Crippen LogP contribution in [0.5, 0.6) is 0 Å². The molecule has 1 heterocycles. The molecule has 4 nitrogen and oxygen atoms in total. The molecule has 1 N–H and O–H groups in total.